The van der Waals surface area contributed by atoms with E-state index in [0.717, 1.165) is 22.0 Å². The Hall–Kier alpha value is -1.62. The third kappa shape index (κ3) is 2.98. The Morgan fingerprint density at radius 1 is 1.44 bits per heavy atom. The van der Waals surface area contributed by atoms with Crippen LogP contribution in [0, 0.1) is 0 Å². The largest absolute Gasteiger partial charge is 0.491 e. The monoisotopic (exact) mass is 263 g/mol. The maximum atomic E-state index is 6.11. The van der Waals surface area contributed by atoms with E-state index in [1.54, 1.807) is 16.4 Å². The fraction of sp³-hybridized carbons (Fsp3) is 0.308. The minimum atomic E-state index is 0.686. The molecule has 0 radical (unpaired) electrons. The number of para-hydroxylation sites is 1. The molecule has 0 aliphatic heterocycles. The van der Waals surface area contributed by atoms with E-state index >= 15 is 0 Å². The van der Waals surface area contributed by atoms with Gasteiger partial charge in [0.2, 0.25) is 0 Å². The minimum absolute atomic E-state index is 0.686. The molecule has 0 saturated carbocycles. The highest BCUT2D eigenvalue weighted by molar-refractivity contribution is 7.99. The molecule has 18 heavy (non-hydrogen) atoms. The number of benzene rings is 1. The van der Waals surface area contributed by atoms with Crippen LogP contribution >= 0.6 is 11.8 Å². The molecule has 0 fully saturated rings. The van der Waals surface area contributed by atoms with Gasteiger partial charge in [-0.2, -0.15) is 5.10 Å². The molecular weight excluding hydrogens is 246 g/mol. The van der Waals surface area contributed by atoms with Crippen molar-refractivity contribution < 1.29 is 4.74 Å². The number of anilines is 1. The molecule has 0 amide bonds. The summed E-state index contributed by atoms with van der Waals surface area (Å²) in [6.45, 7) is 2.76. The lowest BCUT2D eigenvalue weighted by atomic mass is 10.3. The number of nitrogens with two attached hydrogens (primary N) is 1. The number of rotatable bonds is 5. The molecule has 0 atom stereocenters. The van der Waals surface area contributed by atoms with Gasteiger partial charge in [0.05, 0.1) is 23.4 Å². The van der Waals surface area contributed by atoms with Crippen LogP contribution in [0.4, 0.5) is 5.69 Å². The first kappa shape index (κ1) is 12.8. The Labute approximate surface area is 111 Å². The highest BCUT2D eigenvalue weighted by Crippen LogP contribution is 2.36. The molecule has 0 aliphatic rings. The number of nitrogens with zero attached hydrogens (tertiary/aromatic N) is 2. The summed E-state index contributed by atoms with van der Waals surface area (Å²) < 4.78 is 7.38. The normalized spacial score (nSPS) is 10.6. The Kier molecular flexibility index (Phi) is 4.15. The molecule has 0 spiro atoms. The van der Waals surface area contributed by atoms with E-state index < -0.39 is 0 Å². The predicted octanol–water partition coefficient (Wildman–Crippen LogP) is 2.94. The number of hydrogen-bond acceptors (Lipinski definition) is 4. The van der Waals surface area contributed by atoms with Crippen molar-refractivity contribution in [3.8, 4) is 5.75 Å². The molecule has 2 N–H and O–H groups in total. The number of aromatic nitrogens is 2. The van der Waals surface area contributed by atoms with Gasteiger partial charge in [0.15, 0.2) is 0 Å². The van der Waals surface area contributed by atoms with Crippen LogP contribution in [0.1, 0.15) is 13.3 Å². The van der Waals surface area contributed by atoms with Crippen LogP contribution in [0.15, 0.2) is 40.4 Å². The standard InChI is InChI=1S/C13H17N3OS/c1-3-7-17-11-5-4-6-12(13(11)14)18-10-8-15-16(2)9-10/h4-6,8-9H,3,7,14H2,1-2H3. The van der Waals surface area contributed by atoms with Crippen molar-refractivity contribution in [3.63, 3.8) is 0 Å². The van der Waals surface area contributed by atoms with Gasteiger partial charge in [-0.15, -0.1) is 0 Å². The van der Waals surface area contributed by atoms with E-state index in [1.807, 2.05) is 37.6 Å². The molecule has 96 valence electrons. The zero-order valence-electron chi connectivity index (χ0n) is 10.6. The van der Waals surface area contributed by atoms with Crippen LogP contribution in [-0.2, 0) is 7.05 Å². The Bertz CT molecular complexity index is 525. The highest BCUT2D eigenvalue weighted by atomic mass is 32.2. The summed E-state index contributed by atoms with van der Waals surface area (Å²) in [6.07, 6.45) is 4.76. The van der Waals surface area contributed by atoms with Crippen molar-refractivity contribution in [2.45, 2.75) is 23.1 Å². The van der Waals surface area contributed by atoms with Crippen LogP contribution in [0.25, 0.3) is 0 Å². The maximum Gasteiger partial charge on any atom is 0.143 e. The molecular formula is C13H17N3OS. The fourth-order valence-corrected chi connectivity index (χ4v) is 2.45. The number of hydrogen-bond donors (Lipinski definition) is 1. The Morgan fingerprint density at radius 2 is 2.28 bits per heavy atom. The molecule has 0 saturated heterocycles. The Balaban J connectivity index is 2.17. The second kappa shape index (κ2) is 5.82. The molecule has 0 unspecified atom stereocenters. The third-order valence-electron chi connectivity index (χ3n) is 2.40. The van der Waals surface area contributed by atoms with E-state index in [9.17, 15) is 0 Å². The summed E-state index contributed by atoms with van der Waals surface area (Å²) in [5, 5.41) is 4.14. The zero-order valence-corrected chi connectivity index (χ0v) is 11.4. The fourth-order valence-electron chi connectivity index (χ4n) is 1.53. The quantitative estimate of drug-likeness (QED) is 0.843. The first-order chi connectivity index (χ1) is 8.70. The van der Waals surface area contributed by atoms with E-state index in [-0.39, 0.29) is 0 Å². The lowest BCUT2D eigenvalue weighted by molar-refractivity contribution is 0.318. The van der Waals surface area contributed by atoms with Gasteiger partial charge in [0.25, 0.3) is 0 Å². The average molecular weight is 263 g/mol. The summed E-state index contributed by atoms with van der Waals surface area (Å²) in [5.41, 5.74) is 6.80. The summed E-state index contributed by atoms with van der Waals surface area (Å²) >= 11 is 1.59. The molecule has 2 rings (SSSR count). The molecule has 4 nitrogen and oxygen atoms in total. The molecule has 2 aromatic rings. The van der Waals surface area contributed by atoms with Crippen molar-refractivity contribution in [1.82, 2.24) is 9.78 Å². The topological polar surface area (TPSA) is 53.1 Å². The molecule has 0 aliphatic carbocycles. The zero-order chi connectivity index (χ0) is 13.0. The van der Waals surface area contributed by atoms with Crippen LogP contribution in [0.5, 0.6) is 5.75 Å². The first-order valence-corrected chi connectivity index (χ1v) is 6.70. The van der Waals surface area contributed by atoms with E-state index in [4.69, 9.17) is 10.5 Å². The van der Waals surface area contributed by atoms with Gasteiger partial charge in [0, 0.05) is 18.1 Å². The number of nitrogen functional groups attached to an aromatic ring is 1. The van der Waals surface area contributed by atoms with Crippen LogP contribution in [-0.4, -0.2) is 16.4 Å². The summed E-state index contributed by atoms with van der Waals surface area (Å²) in [5.74, 6) is 0.755. The van der Waals surface area contributed by atoms with Crippen molar-refractivity contribution in [3.05, 3.63) is 30.6 Å². The van der Waals surface area contributed by atoms with E-state index in [0.29, 0.717) is 12.3 Å². The minimum Gasteiger partial charge on any atom is -0.491 e. The van der Waals surface area contributed by atoms with Gasteiger partial charge >= 0.3 is 0 Å². The van der Waals surface area contributed by atoms with Crippen molar-refractivity contribution >= 4 is 17.4 Å². The van der Waals surface area contributed by atoms with Gasteiger partial charge in [-0.05, 0) is 18.6 Å². The first-order valence-electron chi connectivity index (χ1n) is 5.88. The molecule has 1 aromatic heterocycles. The van der Waals surface area contributed by atoms with Crippen molar-refractivity contribution in [2.75, 3.05) is 12.3 Å². The molecule has 5 heteroatoms. The molecule has 1 heterocycles. The second-order valence-electron chi connectivity index (χ2n) is 3.97. The maximum absolute atomic E-state index is 6.11. The number of ether oxygens (including phenoxy) is 1. The van der Waals surface area contributed by atoms with Crippen LogP contribution in [0.2, 0.25) is 0 Å². The smallest absolute Gasteiger partial charge is 0.143 e. The molecule has 0 bridgehead atoms. The summed E-state index contributed by atoms with van der Waals surface area (Å²) in [4.78, 5) is 2.06. The van der Waals surface area contributed by atoms with Gasteiger partial charge in [-0.3, -0.25) is 4.68 Å². The van der Waals surface area contributed by atoms with E-state index in [1.165, 1.54) is 0 Å². The van der Waals surface area contributed by atoms with Crippen molar-refractivity contribution in [1.29, 1.82) is 0 Å². The lowest BCUT2D eigenvalue weighted by Crippen LogP contribution is -1.99. The summed E-state index contributed by atoms with van der Waals surface area (Å²) in [7, 11) is 1.90. The average Bonchev–Trinajstić information content (AvgIpc) is 2.76. The van der Waals surface area contributed by atoms with Crippen molar-refractivity contribution in [2.24, 2.45) is 7.05 Å². The van der Waals surface area contributed by atoms with Crippen LogP contribution < -0.4 is 10.5 Å². The second-order valence-corrected chi connectivity index (χ2v) is 5.08. The van der Waals surface area contributed by atoms with Gasteiger partial charge < -0.3 is 10.5 Å². The predicted molar refractivity (Wildman–Crippen MR) is 74.0 cm³/mol. The number of aryl methyl sites for hydroxylation is 1. The lowest BCUT2D eigenvalue weighted by Gasteiger charge is -2.10. The molecule has 1 aromatic carbocycles. The third-order valence-corrected chi connectivity index (χ3v) is 3.42. The highest BCUT2D eigenvalue weighted by Gasteiger charge is 2.08. The Morgan fingerprint density at radius 3 is 2.94 bits per heavy atom. The van der Waals surface area contributed by atoms with Gasteiger partial charge in [0.1, 0.15) is 5.75 Å². The van der Waals surface area contributed by atoms with Crippen LogP contribution in [0.3, 0.4) is 0 Å². The SMILES string of the molecule is CCCOc1cccc(Sc2cnn(C)c2)c1N. The van der Waals surface area contributed by atoms with E-state index in [2.05, 4.69) is 12.0 Å². The van der Waals surface area contributed by atoms with Gasteiger partial charge in [-0.1, -0.05) is 24.8 Å². The summed E-state index contributed by atoms with van der Waals surface area (Å²) in [6, 6.07) is 5.85. The van der Waals surface area contributed by atoms with Gasteiger partial charge in [-0.25, -0.2) is 0 Å².